The molecule has 3 nitrogen and oxygen atoms in total. The molecule has 3 heteroatoms. The van der Waals surface area contributed by atoms with E-state index >= 15 is 0 Å². The van der Waals surface area contributed by atoms with Gasteiger partial charge in [0.05, 0.1) is 0 Å². The monoisotopic (exact) mass is 216 g/mol. The Labute approximate surface area is 95.6 Å². The van der Waals surface area contributed by atoms with Crippen LogP contribution in [0.25, 0.3) is 0 Å². The molecule has 16 heavy (non-hydrogen) atoms. The molecule has 0 aliphatic heterocycles. The summed E-state index contributed by atoms with van der Waals surface area (Å²) in [4.78, 5) is 11.2. The van der Waals surface area contributed by atoms with E-state index in [2.05, 4.69) is 22.7 Å². The summed E-state index contributed by atoms with van der Waals surface area (Å²) in [5, 5.41) is 3.92. The summed E-state index contributed by atoms with van der Waals surface area (Å²) >= 11 is 0. The molecule has 1 amide bonds. The van der Waals surface area contributed by atoms with Crippen LogP contribution in [0.2, 0.25) is 0 Å². The van der Waals surface area contributed by atoms with Crippen LogP contribution >= 0.6 is 0 Å². The first-order valence-electron chi connectivity index (χ1n) is 5.71. The normalized spacial score (nSPS) is 15.2. The first-order valence-corrected chi connectivity index (χ1v) is 5.71. The van der Waals surface area contributed by atoms with E-state index in [0.29, 0.717) is 0 Å². The Kier molecular flexibility index (Phi) is 3.70. The van der Waals surface area contributed by atoms with E-state index < -0.39 is 0 Å². The summed E-state index contributed by atoms with van der Waals surface area (Å²) < 4.78 is 0. The summed E-state index contributed by atoms with van der Waals surface area (Å²) in [5.41, 5.74) is 3.86. The average molecular weight is 216 g/mol. The second-order valence-corrected chi connectivity index (χ2v) is 4.09. The third-order valence-electron chi connectivity index (χ3n) is 2.62. The molecule has 1 N–H and O–H groups in total. The first kappa shape index (κ1) is 10.9. The van der Waals surface area contributed by atoms with Crippen molar-refractivity contribution in [3.05, 3.63) is 35.9 Å². The van der Waals surface area contributed by atoms with E-state index in [1.54, 1.807) is 6.21 Å². The van der Waals surface area contributed by atoms with Gasteiger partial charge in [-0.3, -0.25) is 4.79 Å². The number of nitrogens with zero attached hydrogens (tertiary/aromatic N) is 1. The Bertz CT molecular complexity index is 369. The van der Waals surface area contributed by atoms with Crippen molar-refractivity contribution in [2.45, 2.75) is 25.7 Å². The summed E-state index contributed by atoms with van der Waals surface area (Å²) in [5.74, 6) is 0.294. The number of benzene rings is 1. The minimum absolute atomic E-state index is 0.0657. The maximum absolute atomic E-state index is 11.2. The summed E-state index contributed by atoms with van der Waals surface area (Å²) in [6, 6.07) is 10.3. The van der Waals surface area contributed by atoms with Crippen LogP contribution in [0.4, 0.5) is 0 Å². The number of nitrogens with one attached hydrogen (secondary N) is 1. The van der Waals surface area contributed by atoms with E-state index in [1.807, 2.05) is 18.2 Å². The Morgan fingerprint density at radius 2 is 2.12 bits per heavy atom. The molecule has 0 atom stereocenters. The number of amides is 1. The van der Waals surface area contributed by atoms with Gasteiger partial charge < -0.3 is 0 Å². The molecule has 1 aliphatic rings. The third-order valence-corrected chi connectivity index (χ3v) is 2.62. The van der Waals surface area contributed by atoms with Gasteiger partial charge in [-0.2, -0.15) is 5.10 Å². The van der Waals surface area contributed by atoms with Gasteiger partial charge in [-0.25, -0.2) is 5.43 Å². The molecule has 0 spiro atoms. The van der Waals surface area contributed by atoms with Gasteiger partial charge in [0, 0.05) is 12.1 Å². The minimum atomic E-state index is 0.0657. The zero-order chi connectivity index (χ0) is 11.2. The molecule has 0 radical (unpaired) electrons. The quantitative estimate of drug-likeness (QED) is 0.594. The van der Waals surface area contributed by atoms with E-state index in [9.17, 15) is 4.79 Å². The molecule has 84 valence electrons. The van der Waals surface area contributed by atoms with Crippen LogP contribution in [-0.2, 0) is 11.2 Å². The predicted octanol–water partition coefficient (Wildman–Crippen LogP) is 2.13. The second-order valence-electron chi connectivity index (χ2n) is 4.09. The number of hydrogen-bond acceptors (Lipinski definition) is 2. The lowest BCUT2D eigenvalue weighted by molar-refractivity contribution is -0.122. The van der Waals surface area contributed by atoms with Gasteiger partial charge in [0.2, 0.25) is 5.91 Å². The minimum Gasteiger partial charge on any atom is -0.273 e. The Balaban J connectivity index is 1.64. The van der Waals surface area contributed by atoms with Gasteiger partial charge in [-0.05, 0) is 31.2 Å². The van der Waals surface area contributed by atoms with E-state index in [4.69, 9.17) is 0 Å². The Hall–Kier alpha value is -1.64. The predicted molar refractivity (Wildman–Crippen MR) is 64.1 cm³/mol. The fourth-order valence-electron chi connectivity index (χ4n) is 1.49. The average Bonchev–Trinajstić information content (AvgIpc) is 3.13. The van der Waals surface area contributed by atoms with Crippen LogP contribution in [0.1, 0.15) is 24.8 Å². The number of carbonyl (C=O) groups is 1. The molecule has 2 rings (SSSR count). The van der Waals surface area contributed by atoms with Crippen LogP contribution in [-0.4, -0.2) is 12.1 Å². The van der Waals surface area contributed by atoms with Gasteiger partial charge >= 0.3 is 0 Å². The highest BCUT2D eigenvalue weighted by molar-refractivity contribution is 5.81. The fraction of sp³-hybridized carbons (Fsp3) is 0.385. The molecule has 0 bridgehead atoms. The van der Waals surface area contributed by atoms with Crippen molar-refractivity contribution in [3.63, 3.8) is 0 Å². The summed E-state index contributed by atoms with van der Waals surface area (Å²) in [6.07, 6.45) is 5.63. The smallest absolute Gasteiger partial charge is 0.243 e. The van der Waals surface area contributed by atoms with E-state index in [0.717, 1.165) is 25.7 Å². The van der Waals surface area contributed by atoms with Crippen molar-refractivity contribution >= 4 is 12.1 Å². The molecule has 1 fully saturated rings. The lowest BCUT2D eigenvalue weighted by Crippen LogP contribution is -2.18. The molecule has 0 saturated heterocycles. The standard InChI is InChI=1S/C13H16N2O/c16-13(12-8-9-12)15-14-10-4-7-11-5-2-1-3-6-11/h1-3,5-6,10,12H,4,7-9H2,(H,15,16)/b14-10-. The third kappa shape index (κ3) is 3.50. The topological polar surface area (TPSA) is 41.5 Å². The zero-order valence-electron chi connectivity index (χ0n) is 9.23. The largest absolute Gasteiger partial charge is 0.273 e. The first-order chi connectivity index (χ1) is 7.86. The Morgan fingerprint density at radius 1 is 1.38 bits per heavy atom. The van der Waals surface area contributed by atoms with Crippen LogP contribution in [0.5, 0.6) is 0 Å². The maximum atomic E-state index is 11.2. The highest BCUT2D eigenvalue weighted by Gasteiger charge is 2.29. The number of hydrazone groups is 1. The van der Waals surface area contributed by atoms with Gasteiger partial charge in [0.15, 0.2) is 0 Å². The molecule has 0 aromatic heterocycles. The molecule has 1 saturated carbocycles. The molecule has 0 heterocycles. The van der Waals surface area contributed by atoms with Crippen LogP contribution < -0.4 is 5.43 Å². The van der Waals surface area contributed by atoms with Gasteiger partial charge in [0.1, 0.15) is 0 Å². The number of aryl methyl sites for hydroxylation is 1. The van der Waals surface area contributed by atoms with E-state index in [-0.39, 0.29) is 11.8 Å². The molecule has 1 aromatic rings. The SMILES string of the molecule is O=C(N/N=C\CCc1ccccc1)C1CC1. The molecular formula is C13H16N2O. The molecular weight excluding hydrogens is 200 g/mol. The van der Waals surface area contributed by atoms with Crippen molar-refractivity contribution in [2.24, 2.45) is 11.0 Å². The summed E-state index contributed by atoms with van der Waals surface area (Å²) in [6.45, 7) is 0. The van der Waals surface area contributed by atoms with Crippen molar-refractivity contribution in [1.82, 2.24) is 5.43 Å². The maximum Gasteiger partial charge on any atom is 0.243 e. The molecule has 1 aromatic carbocycles. The van der Waals surface area contributed by atoms with Crippen LogP contribution in [0.15, 0.2) is 35.4 Å². The lowest BCUT2D eigenvalue weighted by Gasteiger charge is -1.97. The van der Waals surface area contributed by atoms with E-state index in [1.165, 1.54) is 5.56 Å². The lowest BCUT2D eigenvalue weighted by atomic mass is 10.1. The van der Waals surface area contributed by atoms with Crippen LogP contribution in [0.3, 0.4) is 0 Å². The van der Waals surface area contributed by atoms with Gasteiger partial charge in [-0.15, -0.1) is 0 Å². The highest BCUT2D eigenvalue weighted by atomic mass is 16.2. The van der Waals surface area contributed by atoms with Gasteiger partial charge in [0.25, 0.3) is 0 Å². The van der Waals surface area contributed by atoms with Crippen LogP contribution in [0, 0.1) is 5.92 Å². The number of rotatable bonds is 5. The molecule has 1 aliphatic carbocycles. The van der Waals surface area contributed by atoms with Crippen molar-refractivity contribution < 1.29 is 4.79 Å². The summed E-state index contributed by atoms with van der Waals surface area (Å²) in [7, 11) is 0. The van der Waals surface area contributed by atoms with Gasteiger partial charge in [-0.1, -0.05) is 30.3 Å². The van der Waals surface area contributed by atoms with Crippen molar-refractivity contribution in [1.29, 1.82) is 0 Å². The number of carbonyl (C=O) groups excluding carboxylic acids is 1. The second kappa shape index (κ2) is 5.45. The van der Waals surface area contributed by atoms with Crippen molar-refractivity contribution in [3.8, 4) is 0 Å². The Morgan fingerprint density at radius 3 is 2.81 bits per heavy atom. The number of hydrogen-bond donors (Lipinski definition) is 1. The van der Waals surface area contributed by atoms with Crippen molar-refractivity contribution in [2.75, 3.05) is 0 Å². The zero-order valence-corrected chi connectivity index (χ0v) is 9.23. The molecule has 0 unspecified atom stereocenters. The highest BCUT2D eigenvalue weighted by Crippen LogP contribution is 2.28. The fourth-order valence-corrected chi connectivity index (χ4v) is 1.49.